The van der Waals surface area contributed by atoms with Crippen LogP contribution in [0.2, 0.25) is 5.02 Å². The van der Waals surface area contributed by atoms with Gasteiger partial charge in [-0.25, -0.2) is 14.2 Å². The molecular formula is C28H24ClFN6O4. The molecule has 0 spiro atoms. The van der Waals surface area contributed by atoms with Crippen molar-refractivity contribution in [2.24, 2.45) is 7.05 Å². The molecule has 0 bridgehead atoms. The predicted molar refractivity (Wildman–Crippen MR) is 146 cm³/mol. The number of likely N-dealkylation sites (tertiary alicyclic amines) is 1. The fourth-order valence-electron chi connectivity index (χ4n) is 4.73. The number of anilines is 1. The third kappa shape index (κ3) is 5.36. The monoisotopic (exact) mass is 562 g/mol. The maximum atomic E-state index is 13.4. The minimum absolute atomic E-state index is 0.0112. The highest BCUT2D eigenvalue weighted by Crippen LogP contribution is 2.30. The molecular weight excluding hydrogens is 539 g/mol. The van der Waals surface area contributed by atoms with Gasteiger partial charge in [0.25, 0.3) is 11.8 Å². The van der Waals surface area contributed by atoms with Gasteiger partial charge in [-0.1, -0.05) is 23.7 Å². The van der Waals surface area contributed by atoms with Gasteiger partial charge in [-0.15, -0.1) is 0 Å². The fraction of sp³-hybridized carbons (Fsp3) is 0.179. The molecule has 4 N–H and O–H groups in total. The summed E-state index contributed by atoms with van der Waals surface area (Å²) in [4.78, 5) is 43.8. The van der Waals surface area contributed by atoms with Gasteiger partial charge in [-0.05, 0) is 42.0 Å². The van der Waals surface area contributed by atoms with E-state index in [0.29, 0.717) is 16.7 Å². The highest BCUT2D eigenvalue weighted by molar-refractivity contribution is 6.33. The Morgan fingerprint density at radius 2 is 1.82 bits per heavy atom. The van der Waals surface area contributed by atoms with E-state index >= 15 is 0 Å². The Morgan fingerprint density at radius 1 is 1.07 bits per heavy atom. The van der Waals surface area contributed by atoms with Crippen molar-refractivity contribution in [3.05, 3.63) is 89.1 Å². The van der Waals surface area contributed by atoms with Crippen LogP contribution in [0.4, 0.5) is 10.2 Å². The van der Waals surface area contributed by atoms with Crippen molar-refractivity contribution in [1.29, 1.82) is 0 Å². The molecule has 2 atom stereocenters. The summed E-state index contributed by atoms with van der Waals surface area (Å²) in [5, 5.41) is 17.0. The van der Waals surface area contributed by atoms with Gasteiger partial charge >= 0.3 is 5.97 Å². The van der Waals surface area contributed by atoms with E-state index < -0.39 is 35.7 Å². The molecule has 0 radical (unpaired) electrons. The molecule has 40 heavy (non-hydrogen) atoms. The zero-order valence-corrected chi connectivity index (χ0v) is 22.0. The maximum Gasteiger partial charge on any atom is 0.326 e. The molecule has 10 nitrogen and oxygen atoms in total. The van der Waals surface area contributed by atoms with E-state index in [1.165, 1.54) is 29.3 Å². The summed E-state index contributed by atoms with van der Waals surface area (Å²) < 4.78 is 15.0. The van der Waals surface area contributed by atoms with Crippen molar-refractivity contribution in [2.45, 2.75) is 18.5 Å². The quantitative estimate of drug-likeness (QED) is 0.325. The number of nitrogens with zero attached hydrogens (tertiary/aromatic N) is 4. The van der Waals surface area contributed by atoms with Gasteiger partial charge < -0.3 is 21.1 Å². The number of carboxylic acids is 1. The average molecular weight is 563 g/mol. The Morgan fingerprint density at radius 3 is 2.48 bits per heavy atom. The van der Waals surface area contributed by atoms with Crippen LogP contribution in [0.5, 0.6) is 0 Å². The molecule has 2 aromatic carbocycles. The standard InChI is InChI=1S/C28H24ClFN6O4/c1-35-13-18(12-33-35)17-8-22(25(31)32-11-17)26(37)34-20-10-24(28(39)40)36(14-20)27(38)16-4-2-15(3-5-16)21-7-6-19(30)9-23(21)29/h2-9,11-13,20,24H,10,14H2,1H3,(H2,31,32)(H,34,37)(H,39,40)/t20-,24-/m1/s1. The molecule has 0 saturated carbocycles. The number of hydrogen-bond acceptors (Lipinski definition) is 6. The number of nitrogens with two attached hydrogens (primary N) is 1. The number of pyridine rings is 1. The topological polar surface area (TPSA) is 143 Å². The van der Waals surface area contributed by atoms with Gasteiger partial charge in [0.2, 0.25) is 0 Å². The van der Waals surface area contributed by atoms with Crippen LogP contribution in [0.3, 0.4) is 0 Å². The lowest BCUT2D eigenvalue weighted by Gasteiger charge is -2.21. The smallest absolute Gasteiger partial charge is 0.326 e. The summed E-state index contributed by atoms with van der Waals surface area (Å²) in [6.07, 6.45) is 4.96. The van der Waals surface area contributed by atoms with Crippen LogP contribution in [0, 0.1) is 5.82 Å². The third-order valence-corrected chi connectivity index (χ3v) is 7.07. The van der Waals surface area contributed by atoms with Crippen LogP contribution in [-0.4, -0.2) is 61.2 Å². The largest absolute Gasteiger partial charge is 0.480 e. The molecule has 12 heteroatoms. The Labute approximate surface area is 233 Å². The number of benzene rings is 2. The lowest BCUT2D eigenvalue weighted by atomic mass is 10.0. The van der Waals surface area contributed by atoms with Gasteiger partial charge in [-0.2, -0.15) is 5.10 Å². The van der Waals surface area contributed by atoms with Crippen molar-refractivity contribution in [2.75, 3.05) is 12.3 Å². The summed E-state index contributed by atoms with van der Waals surface area (Å²) in [6, 6.07) is 10.3. The fourth-order valence-corrected chi connectivity index (χ4v) is 5.01. The second kappa shape index (κ2) is 10.8. The second-order valence-corrected chi connectivity index (χ2v) is 9.89. The van der Waals surface area contributed by atoms with Crippen LogP contribution in [-0.2, 0) is 11.8 Å². The second-order valence-electron chi connectivity index (χ2n) is 9.48. The van der Waals surface area contributed by atoms with E-state index in [1.807, 2.05) is 0 Å². The van der Waals surface area contributed by atoms with Crippen molar-refractivity contribution >= 4 is 35.2 Å². The molecule has 0 aliphatic carbocycles. The minimum atomic E-state index is -1.18. The molecule has 1 saturated heterocycles. The third-order valence-electron chi connectivity index (χ3n) is 6.76. The number of aliphatic carboxylic acids is 1. The first-order valence-corrected chi connectivity index (χ1v) is 12.6. The number of carbonyl (C=O) groups excluding carboxylic acids is 2. The van der Waals surface area contributed by atoms with Crippen molar-refractivity contribution < 1.29 is 23.9 Å². The lowest BCUT2D eigenvalue weighted by Crippen LogP contribution is -2.41. The summed E-state index contributed by atoms with van der Waals surface area (Å²) in [5.41, 5.74) is 9.02. The zero-order chi connectivity index (χ0) is 28.6. The van der Waals surface area contributed by atoms with Gasteiger partial charge in [0, 0.05) is 60.7 Å². The number of rotatable bonds is 6. The molecule has 0 unspecified atom stereocenters. The first kappa shape index (κ1) is 26.8. The van der Waals surface area contributed by atoms with E-state index in [9.17, 15) is 23.9 Å². The number of hydrogen-bond donors (Lipinski definition) is 3. The molecule has 4 aromatic rings. The SMILES string of the molecule is Cn1cc(-c2cnc(N)c(C(=O)N[C@@H]3C[C@H](C(=O)O)N(C(=O)c4ccc(-c5ccc(F)cc5Cl)cc4)C3)c2)cn1. The van der Waals surface area contributed by atoms with E-state index in [2.05, 4.69) is 15.4 Å². The van der Waals surface area contributed by atoms with E-state index in [1.54, 1.807) is 54.5 Å². The molecule has 2 aromatic heterocycles. The first-order valence-electron chi connectivity index (χ1n) is 12.3. The normalized spacial score (nSPS) is 16.6. The van der Waals surface area contributed by atoms with Crippen LogP contribution < -0.4 is 11.1 Å². The number of amides is 2. The summed E-state index contributed by atoms with van der Waals surface area (Å²) in [6.45, 7) is -0.0112. The number of nitrogens with one attached hydrogen (secondary N) is 1. The van der Waals surface area contributed by atoms with Gasteiger partial charge in [-0.3, -0.25) is 14.3 Å². The summed E-state index contributed by atoms with van der Waals surface area (Å²) in [5.74, 6) is -2.65. The Kier molecular flexibility index (Phi) is 7.22. The number of halogens is 2. The summed E-state index contributed by atoms with van der Waals surface area (Å²) >= 11 is 6.15. The van der Waals surface area contributed by atoms with E-state index in [4.69, 9.17) is 17.3 Å². The number of aryl methyl sites for hydroxylation is 1. The van der Waals surface area contributed by atoms with Gasteiger partial charge in [0.05, 0.1) is 16.8 Å². The summed E-state index contributed by atoms with van der Waals surface area (Å²) in [7, 11) is 1.77. The highest BCUT2D eigenvalue weighted by Gasteiger charge is 2.40. The Bertz CT molecular complexity index is 1620. The van der Waals surface area contributed by atoms with E-state index in [-0.39, 0.29) is 34.9 Å². The minimum Gasteiger partial charge on any atom is -0.480 e. The average Bonchev–Trinajstić information content (AvgIpc) is 3.55. The maximum absolute atomic E-state index is 13.4. The first-order chi connectivity index (χ1) is 19.1. The van der Waals surface area contributed by atoms with Crippen LogP contribution in [0.15, 0.2) is 67.1 Å². The molecule has 5 rings (SSSR count). The molecule has 2 amide bonds. The molecule has 1 fully saturated rings. The van der Waals surface area contributed by atoms with Crippen molar-refractivity contribution in [1.82, 2.24) is 25.0 Å². The molecule has 1 aliphatic rings. The van der Waals surface area contributed by atoms with Crippen LogP contribution in [0.1, 0.15) is 27.1 Å². The predicted octanol–water partition coefficient (Wildman–Crippen LogP) is 3.62. The van der Waals surface area contributed by atoms with Crippen molar-refractivity contribution in [3.8, 4) is 22.3 Å². The number of aromatic nitrogens is 3. The van der Waals surface area contributed by atoms with Gasteiger partial charge in [0.1, 0.15) is 17.7 Å². The Balaban J connectivity index is 1.32. The Hall–Kier alpha value is -4.77. The molecule has 1 aliphatic heterocycles. The molecule has 204 valence electrons. The lowest BCUT2D eigenvalue weighted by molar-refractivity contribution is -0.141. The molecule has 3 heterocycles. The van der Waals surface area contributed by atoms with E-state index in [0.717, 1.165) is 5.56 Å². The van der Waals surface area contributed by atoms with Crippen LogP contribution >= 0.6 is 11.6 Å². The van der Waals surface area contributed by atoms with Gasteiger partial charge in [0.15, 0.2) is 0 Å². The van der Waals surface area contributed by atoms with Crippen LogP contribution in [0.25, 0.3) is 22.3 Å². The van der Waals surface area contributed by atoms with Crippen molar-refractivity contribution in [3.63, 3.8) is 0 Å². The number of carboxylic acid groups (broad SMARTS) is 1. The number of nitrogen functional groups attached to an aromatic ring is 1. The highest BCUT2D eigenvalue weighted by atomic mass is 35.5. The zero-order valence-electron chi connectivity index (χ0n) is 21.2. The number of carbonyl (C=O) groups is 3.